The Morgan fingerprint density at radius 2 is 0.684 bits per heavy atom. The second-order valence-electron chi connectivity index (χ2n) is 20.8. The third-order valence-corrected chi connectivity index (χ3v) is 14.4. The first kappa shape index (κ1) is 73.2. The lowest BCUT2D eigenvalue weighted by atomic mass is 10.0. The molecule has 0 spiro atoms. The second kappa shape index (κ2) is 58.3. The van der Waals surface area contributed by atoms with E-state index in [1.165, 1.54) is 128 Å². The molecule has 11 nitrogen and oxygen atoms in total. The monoisotopic (exact) mass is 1090 g/mol. The van der Waals surface area contributed by atoms with Gasteiger partial charge >= 0.3 is 25.7 Å². The summed E-state index contributed by atoms with van der Waals surface area (Å²) in [6.45, 7) is 4.53. The first-order valence-corrected chi connectivity index (χ1v) is 32.7. The Morgan fingerprint density at radius 3 is 1.08 bits per heavy atom. The Kier molecular flexibility index (Phi) is 56.2. The number of aliphatic hydroxyl groups excluding tert-OH is 1. The highest BCUT2D eigenvalue weighted by molar-refractivity contribution is 7.47. The Morgan fingerprint density at radius 1 is 0.382 bits per heavy atom. The van der Waals surface area contributed by atoms with E-state index >= 15 is 0 Å². The highest BCUT2D eigenvalue weighted by Crippen LogP contribution is 2.43. The van der Waals surface area contributed by atoms with Crippen molar-refractivity contribution in [1.82, 2.24) is 0 Å². The van der Waals surface area contributed by atoms with Crippen LogP contribution in [-0.4, -0.2) is 66.5 Å². The zero-order chi connectivity index (χ0) is 55.5. The summed E-state index contributed by atoms with van der Waals surface area (Å²) < 4.78 is 39.6. The molecule has 0 saturated carbocycles. The smallest absolute Gasteiger partial charge is 0.462 e. The molecule has 0 aliphatic rings. The lowest BCUT2D eigenvalue weighted by Gasteiger charge is -2.21. The highest BCUT2D eigenvalue weighted by atomic mass is 31.2. The molecule has 0 fully saturated rings. The fourth-order valence-electron chi connectivity index (χ4n) is 8.70. The first-order valence-electron chi connectivity index (χ1n) is 31.2. The molecule has 3 atom stereocenters. The van der Waals surface area contributed by atoms with Gasteiger partial charge in [0.25, 0.3) is 0 Å². The standard InChI is InChI=1S/C64H115O11P/c1-4-7-10-13-16-19-22-25-28-29-30-31-34-37-40-43-46-49-52-55-64(68)75-61(57-71-62(66)53-50-47-44-41-38-35-32-26-23-20-17-14-11-8-5-2)59-73-76(69,70)72-58-60(56-65)74-63(67)54-51-48-45-42-39-36-33-27-24-21-18-15-12-9-6-3/h9,12,16,18-19,21,25,27-28,33,60-61,65H,4-8,10-11,13-15,17,20,22-24,26,29-32,34-59H2,1-3H3,(H,69,70)/b12-9-,19-16-,21-18-,28-25-,33-27-. The minimum atomic E-state index is -4.76. The van der Waals surface area contributed by atoms with Crippen LogP contribution in [0.4, 0.5) is 0 Å². The van der Waals surface area contributed by atoms with E-state index in [4.69, 9.17) is 23.3 Å². The average molecular weight is 1090 g/mol. The third-order valence-electron chi connectivity index (χ3n) is 13.4. The van der Waals surface area contributed by atoms with Gasteiger partial charge in [0.2, 0.25) is 0 Å². The number of phosphoric ester groups is 1. The number of allylic oxidation sites excluding steroid dienone is 10. The first-order chi connectivity index (χ1) is 37.2. The molecule has 0 aliphatic carbocycles. The predicted molar refractivity (Wildman–Crippen MR) is 316 cm³/mol. The molecule has 442 valence electrons. The van der Waals surface area contributed by atoms with Crippen molar-refractivity contribution in [2.75, 3.05) is 26.4 Å². The van der Waals surface area contributed by atoms with Gasteiger partial charge in [-0.15, -0.1) is 0 Å². The molecule has 0 saturated heterocycles. The van der Waals surface area contributed by atoms with Crippen LogP contribution in [0.3, 0.4) is 0 Å². The van der Waals surface area contributed by atoms with Crippen LogP contribution in [0.25, 0.3) is 0 Å². The fourth-order valence-corrected chi connectivity index (χ4v) is 9.48. The number of esters is 3. The molecule has 0 aliphatic heterocycles. The van der Waals surface area contributed by atoms with Crippen LogP contribution in [0.1, 0.15) is 290 Å². The highest BCUT2D eigenvalue weighted by Gasteiger charge is 2.28. The maximum absolute atomic E-state index is 12.9. The summed E-state index contributed by atoms with van der Waals surface area (Å²) in [5.74, 6) is -1.47. The van der Waals surface area contributed by atoms with Gasteiger partial charge in [-0.1, -0.05) is 248 Å². The molecule has 0 aromatic heterocycles. The zero-order valence-electron chi connectivity index (χ0n) is 49.0. The number of phosphoric acid groups is 1. The van der Waals surface area contributed by atoms with E-state index in [1.807, 2.05) is 0 Å². The third kappa shape index (κ3) is 55.9. The largest absolute Gasteiger partial charge is 0.472 e. The number of aliphatic hydroxyl groups is 1. The van der Waals surface area contributed by atoms with E-state index in [1.54, 1.807) is 0 Å². The van der Waals surface area contributed by atoms with Crippen molar-refractivity contribution in [1.29, 1.82) is 0 Å². The van der Waals surface area contributed by atoms with Crippen LogP contribution in [0.2, 0.25) is 0 Å². The van der Waals surface area contributed by atoms with Crippen molar-refractivity contribution >= 4 is 25.7 Å². The van der Waals surface area contributed by atoms with Crippen LogP contribution in [0.5, 0.6) is 0 Å². The number of unbranched alkanes of at least 4 members (excludes halogenated alkanes) is 31. The lowest BCUT2D eigenvalue weighted by molar-refractivity contribution is -0.161. The zero-order valence-corrected chi connectivity index (χ0v) is 49.9. The molecule has 12 heteroatoms. The average Bonchev–Trinajstić information content (AvgIpc) is 3.41. The van der Waals surface area contributed by atoms with Crippen LogP contribution < -0.4 is 0 Å². The topological polar surface area (TPSA) is 155 Å². The molecule has 0 heterocycles. The number of carbonyl (C=O) groups is 3. The molecule has 0 bridgehead atoms. The minimum absolute atomic E-state index is 0.158. The van der Waals surface area contributed by atoms with E-state index in [9.17, 15) is 28.9 Å². The maximum atomic E-state index is 12.9. The van der Waals surface area contributed by atoms with E-state index in [0.717, 1.165) is 103 Å². The summed E-state index contributed by atoms with van der Waals surface area (Å²) in [5, 5.41) is 9.83. The van der Waals surface area contributed by atoms with Gasteiger partial charge in [-0.25, -0.2) is 4.57 Å². The summed E-state index contributed by atoms with van der Waals surface area (Å²) in [6.07, 6.45) is 64.5. The summed E-state index contributed by atoms with van der Waals surface area (Å²) in [6, 6.07) is 0. The molecule has 0 rings (SSSR count). The molecule has 76 heavy (non-hydrogen) atoms. The minimum Gasteiger partial charge on any atom is -0.462 e. The molecular formula is C64H115O11P. The Bertz CT molecular complexity index is 1510. The van der Waals surface area contributed by atoms with Gasteiger partial charge in [0.15, 0.2) is 6.10 Å². The van der Waals surface area contributed by atoms with Crippen molar-refractivity contribution in [2.45, 2.75) is 303 Å². The van der Waals surface area contributed by atoms with Gasteiger partial charge in [-0.05, 0) is 83.5 Å². The molecule has 0 aromatic rings. The summed E-state index contributed by atoms with van der Waals surface area (Å²) >= 11 is 0. The number of hydrogen-bond acceptors (Lipinski definition) is 10. The van der Waals surface area contributed by atoms with Crippen LogP contribution >= 0.6 is 7.82 Å². The van der Waals surface area contributed by atoms with Crippen molar-refractivity contribution < 1.29 is 52.2 Å². The summed E-state index contributed by atoms with van der Waals surface area (Å²) in [4.78, 5) is 48.7. The molecule has 0 radical (unpaired) electrons. The van der Waals surface area contributed by atoms with Gasteiger partial charge in [-0.3, -0.25) is 23.4 Å². The van der Waals surface area contributed by atoms with Crippen LogP contribution in [-0.2, 0) is 42.2 Å². The molecule has 0 amide bonds. The quantitative estimate of drug-likeness (QED) is 0.0197. The van der Waals surface area contributed by atoms with Gasteiger partial charge in [0.1, 0.15) is 12.7 Å². The summed E-state index contributed by atoms with van der Waals surface area (Å²) in [5.41, 5.74) is 0. The predicted octanol–water partition coefficient (Wildman–Crippen LogP) is 18.7. The fraction of sp³-hybridized carbons (Fsp3) is 0.797. The Labute approximate surface area is 465 Å². The lowest BCUT2D eigenvalue weighted by Crippen LogP contribution is -2.30. The molecule has 2 N–H and O–H groups in total. The van der Waals surface area contributed by atoms with Gasteiger partial charge < -0.3 is 24.2 Å². The number of ether oxygens (including phenoxy) is 3. The molecule has 3 unspecified atom stereocenters. The van der Waals surface area contributed by atoms with E-state index in [0.29, 0.717) is 19.3 Å². The van der Waals surface area contributed by atoms with Gasteiger partial charge in [0.05, 0.1) is 19.8 Å². The number of carbonyl (C=O) groups excluding carboxylic acids is 3. The Balaban J connectivity index is 4.70. The van der Waals surface area contributed by atoms with Crippen molar-refractivity contribution in [3.05, 3.63) is 60.8 Å². The van der Waals surface area contributed by atoms with Crippen molar-refractivity contribution in [2.24, 2.45) is 0 Å². The van der Waals surface area contributed by atoms with E-state index in [-0.39, 0.29) is 25.9 Å². The van der Waals surface area contributed by atoms with Crippen LogP contribution in [0.15, 0.2) is 60.8 Å². The number of rotatable bonds is 58. The van der Waals surface area contributed by atoms with E-state index < -0.39 is 57.8 Å². The van der Waals surface area contributed by atoms with Gasteiger partial charge in [0, 0.05) is 19.3 Å². The normalized spacial score (nSPS) is 13.7. The van der Waals surface area contributed by atoms with Crippen molar-refractivity contribution in [3.63, 3.8) is 0 Å². The molecule has 0 aromatic carbocycles. The number of hydrogen-bond donors (Lipinski definition) is 2. The second-order valence-corrected chi connectivity index (χ2v) is 22.3. The molecular weight excluding hydrogens is 976 g/mol. The van der Waals surface area contributed by atoms with Crippen LogP contribution in [0, 0.1) is 0 Å². The maximum Gasteiger partial charge on any atom is 0.472 e. The van der Waals surface area contributed by atoms with Crippen molar-refractivity contribution in [3.8, 4) is 0 Å². The Hall–Kier alpha value is -2.82. The summed E-state index contributed by atoms with van der Waals surface area (Å²) in [7, 11) is -4.76. The van der Waals surface area contributed by atoms with Gasteiger partial charge in [-0.2, -0.15) is 0 Å². The van der Waals surface area contributed by atoms with E-state index in [2.05, 4.69) is 81.5 Å². The SMILES string of the molecule is CC/C=C\C/C=C\C/C=C\CCCCCCCC(=O)OC(CO)COP(=O)(O)OCC(COC(=O)CCCCCCCCCCCCCCCCC)OC(=O)CCCCCCCCCCC/C=C\C/C=C\CCCCC.